The lowest BCUT2D eigenvalue weighted by Gasteiger charge is -2.13. The van der Waals surface area contributed by atoms with Crippen LogP contribution in [0.1, 0.15) is 63.9 Å². The fraction of sp³-hybridized carbons (Fsp3) is 0.600. The van der Waals surface area contributed by atoms with Crippen molar-refractivity contribution in [2.45, 2.75) is 64.8 Å². The number of unbranched alkanes of at least 4 members (excludes halogenated alkanes) is 2. The minimum atomic E-state index is 0.834. The molecule has 0 spiro atoms. The first kappa shape index (κ1) is 17.1. The van der Waals surface area contributed by atoms with Gasteiger partial charge in [0.15, 0.2) is 0 Å². The van der Waals surface area contributed by atoms with Gasteiger partial charge in [0, 0.05) is 6.54 Å². The summed E-state index contributed by atoms with van der Waals surface area (Å²) < 4.78 is 5.74. The summed E-state index contributed by atoms with van der Waals surface area (Å²) in [4.78, 5) is 0. The zero-order valence-corrected chi connectivity index (χ0v) is 14.1. The highest BCUT2D eigenvalue weighted by Crippen LogP contribution is 2.19. The molecular weight excluding hydrogens is 270 g/mol. The van der Waals surface area contributed by atoms with E-state index >= 15 is 0 Å². The molecule has 0 aromatic heterocycles. The number of nitrogens with one attached hydrogen (secondary N) is 1. The van der Waals surface area contributed by atoms with Crippen molar-refractivity contribution in [3.05, 3.63) is 41.5 Å². The van der Waals surface area contributed by atoms with Gasteiger partial charge in [0.05, 0.1) is 6.61 Å². The van der Waals surface area contributed by atoms with Crippen LogP contribution in [0.5, 0.6) is 5.75 Å². The highest BCUT2D eigenvalue weighted by atomic mass is 16.5. The van der Waals surface area contributed by atoms with Gasteiger partial charge in [-0.05, 0) is 62.8 Å². The lowest BCUT2D eigenvalue weighted by Crippen LogP contribution is -2.15. The van der Waals surface area contributed by atoms with E-state index in [1.54, 1.807) is 5.57 Å². The normalized spacial score (nSPS) is 14.7. The summed E-state index contributed by atoms with van der Waals surface area (Å²) >= 11 is 0. The molecule has 1 N–H and O–H groups in total. The second-order valence-electron chi connectivity index (χ2n) is 6.23. The van der Waals surface area contributed by atoms with E-state index in [1.165, 1.54) is 50.5 Å². The summed E-state index contributed by atoms with van der Waals surface area (Å²) in [5.41, 5.74) is 2.98. The number of rotatable bonds is 10. The molecule has 2 rings (SSSR count). The Kier molecular flexibility index (Phi) is 8.11. The number of allylic oxidation sites excluding steroid dienone is 1. The predicted octanol–water partition coefficient (Wildman–Crippen LogP) is 5.24. The molecular formula is C20H31NO. The van der Waals surface area contributed by atoms with Crippen LogP contribution in [0, 0.1) is 0 Å². The second-order valence-corrected chi connectivity index (χ2v) is 6.23. The molecule has 122 valence electrons. The molecule has 0 saturated heterocycles. The van der Waals surface area contributed by atoms with E-state index in [-0.39, 0.29) is 0 Å². The van der Waals surface area contributed by atoms with Gasteiger partial charge >= 0.3 is 0 Å². The maximum absolute atomic E-state index is 5.74. The Labute approximate surface area is 136 Å². The van der Waals surface area contributed by atoms with Crippen molar-refractivity contribution in [2.24, 2.45) is 0 Å². The number of hydrogen-bond donors (Lipinski definition) is 1. The molecule has 1 aliphatic carbocycles. The Bertz CT molecular complexity index is 436. The van der Waals surface area contributed by atoms with Crippen molar-refractivity contribution in [3.63, 3.8) is 0 Å². The maximum Gasteiger partial charge on any atom is 0.119 e. The molecule has 0 fully saturated rings. The third-order valence-corrected chi connectivity index (χ3v) is 4.28. The SMILES string of the molecule is CCCCCOc1ccc(CNCCC2=CCCCC2)cc1. The average molecular weight is 301 g/mol. The van der Waals surface area contributed by atoms with Crippen LogP contribution in [-0.2, 0) is 6.54 Å². The van der Waals surface area contributed by atoms with Gasteiger partial charge < -0.3 is 10.1 Å². The third-order valence-electron chi connectivity index (χ3n) is 4.28. The molecule has 1 aliphatic rings. The van der Waals surface area contributed by atoms with Gasteiger partial charge in [-0.1, -0.05) is 43.5 Å². The fourth-order valence-electron chi connectivity index (χ4n) is 2.86. The zero-order chi connectivity index (χ0) is 15.5. The highest BCUT2D eigenvalue weighted by molar-refractivity contribution is 5.27. The van der Waals surface area contributed by atoms with E-state index < -0.39 is 0 Å². The summed E-state index contributed by atoms with van der Waals surface area (Å²) in [7, 11) is 0. The van der Waals surface area contributed by atoms with E-state index in [0.29, 0.717) is 0 Å². The number of ether oxygens (including phenoxy) is 1. The van der Waals surface area contributed by atoms with Gasteiger partial charge in [0.25, 0.3) is 0 Å². The van der Waals surface area contributed by atoms with E-state index in [9.17, 15) is 0 Å². The molecule has 0 bridgehead atoms. The quantitative estimate of drug-likeness (QED) is 0.471. The lowest BCUT2D eigenvalue weighted by molar-refractivity contribution is 0.306. The van der Waals surface area contributed by atoms with E-state index in [1.807, 2.05) is 0 Å². The molecule has 0 amide bonds. The Morgan fingerprint density at radius 1 is 1.09 bits per heavy atom. The first-order chi connectivity index (χ1) is 10.9. The molecule has 0 saturated carbocycles. The Hall–Kier alpha value is -1.28. The van der Waals surface area contributed by atoms with Gasteiger partial charge in [-0.2, -0.15) is 0 Å². The molecule has 1 aromatic rings. The van der Waals surface area contributed by atoms with E-state index in [4.69, 9.17) is 4.74 Å². The molecule has 2 nitrogen and oxygen atoms in total. The predicted molar refractivity (Wildman–Crippen MR) is 94.3 cm³/mol. The van der Waals surface area contributed by atoms with Crippen molar-refractivity contribution in [3.8, 4) is 5.75 Å². The van der Waals surface area contributed by atoms with Crippen LogP contribution in [-0.4, -0.2) is 13.2 Å². The topological polar surface area (TPSA) is 21.3 Å². The van der Waals surface area contributed by atoms with Gasteiger partial charge in [0.1, 0.15) is 5.75 Å². The minimum Gasteiger partial charge on any atom is -0.494 e. The fourth-order valence-corrected chi connectivity index (χ4v) is 2.86. The summed E-state index contributed by atoms with van der Waals surface area (Å²) in [6.07, 6.45) is 12.6. The van der Waals surface area contributed by atoms with Crippen molar-refractivity contribution in [1.82, 2.24) is 5.32 Å². The molecule has 2 heteroatoms. The molecule has 0 aliphatic heterocycles. The molecule has 0 atom stereocenters. The minimum absolute atomic E-state index is 0.834. The first-order valence-corrected chi connectivity index (χ1v) is 8.99. The molecule has 0 unspecified atom stereocenters. The monoisotopic (exact) mass is 301 g/mol. The second kappa shape index (κ2) is 10.4. The van der Waals surface area contributed by atoms with Crippen molar-refractivity contribution >= 4 is 0 Å². The Morgan fingerprint density at radius 3 is 2.68 bits per heavy atom. The van der Waals surface area contributed by atoms with Crippen LogP contribution >= 0.6 is 0 Å². The van der Waals surface area contributed by atoms with Crippen LogP contribution in [0.15, 0.2) is 35.9 Å². The standard InChI is InChI=1S/C20H31NO/c1-2-3-7-16-22-20-12-10-19(11-13-20)17-21-15-14-18-8-5-4-6-9-18/h8,10-13,21H,2-7,9,14-17H2,1H3. The Balaban J connectivity index is 1.60. The third kappa shape index (κ3) is 6.65. The van der Waals surface area contributed by atoms with Gasteiger partial charge in [-0.15, -0.1) is 0 Å². The largest absolute Gasteiger partial charge is 0.494 e. The summed E-state index contributed by atoms with van der Waals surface area (Å²) in [6, 6.07) is 8.52. The molecule has 0 radical (unpaired) electrons. The van der Waals surface area contributed by atoms with Gasteiger partial charge in [-0.25, -0.2) is 0 Å². The Morgan fingerprint density at radius 2 is 1.95 bits per heavy atom. The number of hydrogen-bond acceptors (Lipinski definition) is 2. The van der Waals surface area contributed by atoms with Crippen molar-refractivity contribution < 1.29 is 4.74 Å². The molecule has 1 aromatic carbocycles. The molecule has 22 heavy (non-hydrogen) atoms. The summed E-state index contributed by atoms with van der Waals surface area (Å²) in [5.74, 6) is 0.993. The molecule has 0 heterocycles. The van der Waals surface area contributed by atoms with Gasteiger partial charge in [0.2, 0.25) is 0 Å². The van der Waals surface area contributed by atoms with E-state index in [2.05, 4.69) is 42.6 Å². The lowest BCUT2D eigenvalue weighted by atomic mass is 9.97. The van der Waals surface area contributed by atoms with Gasteiger partial charge in [-0.3, -0.25) is 0 Å². The maximum atomic E-state index is 5.74. The first-order valence-electron chi connectivity index (χ1n) is 8.99. The highest BCUT2D eigenvalue weighted by Gasteiger charge is 2.03. The smallest absolute Gasteiger partial charge is 0.119 e. The zero-order valence-electron chi connectivity index (χ0n) is 14.1. The van der Waals surface area contributed by atoms with Crippen LogP contribution < -0.4 is 10.1 Å². The summed E-state index contributed by atoms with van der Waals surface area (Å²) in [5, 5.41) is 3.55. The summed E-state index contributed by atoms with van der Waals surface area (Å²) in [6.45, 7) is 5.08. The van der Waals surface area contributed by atoms with Crippen molar-refractivity contribution in [1.29, 1.82) is 0 Å². The van der Waals surface area contributed by atoms with Crippen LogP contribution in [0.4, 0.5) is 0 Å². The number of benzene rings is 1. The van der Waals surface area contributed by atoms with Crippen LogP contribution in [0.2, 0.25) is 0 Å². The average Bonchev–Trinajstić information content (AvgIpc) is 2.58. The van der Waals surface area contributed by atoms with Crippen molar-refractivity contribution in [2.75, 3.05) is 13.2 Å². The van der Waals surface area contributed by atoms with Crippen LogP contribution in [0.3, 0.4) is 0 Å². The van der Waals surface area contributed by atoms with Crippen LogP contribution in [0.25, 0.3) is 0 Å². The van der Waals surface area contributed by atoms with E-state index in [0.717, 1.165) is 31.9 Å².